The Morgan fingerprint density at radius 2 is 2.11 bits per heavy atom. The maximum atomic E-state index is 12.7. The van der Waals surface area contributed by atoms with E-state index in [4.69, 9.17) is 4.74 Å². The molecule has 8 nitrogen and oxygen atoms in total. The van der Waals surface area contributed by atoms with Gasteiger partial charge in [-0.25, -0.2) is 9.67 Å². The zero-order chi connectivity index (χ0) is 19.4. The summed E-state index contributed by atoms with van der Waals surface area (Å²) >= 11 is 0. The van der Waals surface area contributed by atoms with Crippen molar-refractivity contribution in [1.82, 2.24) is 24.6 Å². The van der Waals surface area contributed by atoms with Gasteiger partial charge in [-0.1, -0.05) is 0 Å². The van der Waals surface area contributed by atoms with Crippen LogP contribution in [0.15, 0.2) is 35.4 Å². The van der Waals surface area contributed by atoms with Gasteiger partial charge in [0.05, 0.1) is 6.54 Å². The van der Waals surface area contributed by atoms with Gasteiger partial charge in [-0.05, 0) is 25.0 Å². The average molecular weight is 383 g/mol. The first-order valence-electron chi connectivity index (χ1n) is 8.20. The highest BCUT2D eigenvalue weighted by atomic mass is 19.4. The smallest absolute Gasteiger partial charge is 0.433 e. The second kappa shape index (κ2) is 7.72. The van der Waals surface area contributed by atoms with E-state index in [0.717, 1.165) is 16.9 Å². The summed E-state index contributed by atoms with van der Waals surface area (Å²) in [5, 5.41) is 3.83. The Bertz CT molecular complexity index is 871. The van der Waals surface area contributed by atoms with Gasteiger partial charge in [0.15, 0.2) is 5.69 Å². The summed E-state index contributed by atoms with van der Waals surface area (Å²) in [6.45, 7) is 0.413. The average Bonchev–Trinajstić information content (AvgIpc) is 2.63. The van der Waals surface area contributed by atoms with E-state index in [1.54, 1.807) is 0 Å². The zero-order valence-electron chi connectivity index (χ0n) is 14.1. The number of halogens is 3. The topological polar surface area (TPSA) is 90.2 Å². The first kappa shape index (κ1) is 18.8. The third-order valence-electron chi connectivity index (χ3n) is 4.00. The number of hydrogen-bond acceptors (Lipinski definition) is 6. The Kier molecular flexibility index (Phi) is 5.38. The summed E-state index contributed by atoms with van der Waals surface area (Å²) in [4.78, 5) is 32.6. The van der Waals surface area contributed by atoms with Crippen molar-refractivity contribution in [3.05, 3.63) is 46.6 Å². The molecule has 0 radical (unpaired) electrons. The Morgan fingerprint density at radius 1 is 1.30 bits per heavy atom. The van der Waals surface area contributed by atoms with Gasteiger partial charge < -0.3 is 9.64 Å². The van der Waals surface area contributed by atoms with Gasteiger partial charge in [0, 0.05) is 25.0 Å². The third kappa shape index (κ3) is 4.80. The molecule has 0 aromatic carbocycles. The maximum Gasteiger partial charge on any atom is 0.433 e. The van der Waals surface area contributed by atoms with Crippen LogP contribution in [0.2, 0.25) is 0 Å². The number of carbonyl (C=O) groups excluding carboxylic acids is 1. The summed E-state index contributed by atoms with van der Waals surface area (Å²) in [5.74, 6) is -0.325. The number of nitrogens with zero attached hydrogens (tertiary/aromatic N) is 5. The number of alkyl halides is 3. The molecule has 1 atom stereocenters. The van der Waals surface area contributed by atoms with Crippen molar-refractivity contribution in [1.29, 1.82) is 0 Å². The zero-order valence-corrected chi connectivity index (χ0v) is 14.1. The SMILES string of the molecule is O=C(Cn1ncccc1=O)N1CCCC(Oc2nccc(C(F)(F)F)n2)C1. The van der Waals surface area contributed by atoms with Crippen molar-refractivity contribution >= 4 is 5.91 Å². The molecule has 2 aromatic heterocycles. The normalized spacial score (nSPS) is 17.6. The van der Waals surface area contributed by atoms with E-state index in [9.17, 15) is 22.8 Å². The Hall–Kier alpha value is -2.98. The summed E-state index contributed by atoms with van der Waals surface area (Å²) in [6.07, 6.45) is -1.59. The van der Waals surface area contributed by atoms with Crippen LogP contribution < -0.4 is 10.3 Å². The Morgan fingerprint density at radius 3 is 2.85 bits per heavy atom. The van der Waals surface area contributed by atoms with Crippen LogP contribution in [0.5, 0.6) is 6.01 Å². The van der Waals surface area contributed by atoms with E-state index in [2.05, 4.69) is 15.1 Å². The van der Waals surface area contributed by atoms with Crippen molar-refractivity contribution in [3.63, 3.8) is 0 Å². The van der Waals surface area contributed by atoms with Gasteiger partial charge in [0.1, 0.15) is 12.6 Å². The van der Waals surface area contributed by atoms with Crippen molar-refractivity contribution < 1.29 is 22.7 Å². The number of amides is 1. The van der Waals surface area contributed by atoms with Crippen molar-refractivity contribution in [2.24, 2.45) is 0 Å². The van der Waals surface area contributed by atoms with Crippen LogP contribution in [0.3, 0.4) is 0 Å². The van der Waals surface area contributed by atoms with Gasteiger partial charge in [0.2, 0.25) is 5.91 Å². The quantitative estimate of drug-likeness (QED) is 0.786. The Balaban J connectivity index is 1.63. The molecule has 1 amide bonds. The second-order valence-electron chi connectivity index (χ2n) is 5.96. The molecule has 1 unspecified atom stereocenters. The second-order valence-corrected chi connectivity index (χ2v) is 5.96. The highest BCUT2D eigenvalue weighted by molar-refractivity contribution is 5.76. The van der Waals surface area contributed by atoms with Gasteiger partial charge >= 0.3 is 12.2 Å². The summed E-state index contributed by atoms with van der Waals surface area (Å²) in [5.41, 5.74) is -1.49. The van der Waals surface area contributed by atoms with Gasteiger partial charge in [-0.15, -0.1) is 0 Å². The molecule has 1 fully saturated rings. The molecule has 3 heterocycles. The molecule has 2 aromatic rings. The first-order chi connectivity index (χ1) is 12.8. The van der Waals surface area contributed by atoms with Crippen molar-refractivity contribution in [3.8, 4) is 6.01 Å². The molecule has 0 bridgehead atoms. The minimum atomic E-state index is -4.59. The van der Waals surface area contributed by atoms with E-state index in [1.807, 2.05) is 0 Å². The van der Waals surface area contributed by atoms with Crippen LogP contribution in [0.4, 0.5) is 13.2 Å². The number of hydrogen-bond donors (Lipinski definition) is 0. The molecule has 0 N–H and O–H groups in total. The van der Waals surface area contributed by atoms with Crippen LogP contribution >= 0.6 is 0 Å². The van der Waals surface area contributed by atoms with E-state index < -0.39 is 23.5 Å². The first-order valence-corrected chi connectivity index (χ1v) is 8.20. The van der Waals surface area contributed by atoms with Crippen LogP contribution in [-0.2, 0) is 17.5 Å². The number of aromatic nitrogens is 4. The number of rotatable bonds is 4. The van der Waals surface area contributed by atoms with Gasteiger partial charge in [-0.3, -0.25) is 9.59 Å². The lowest BCUT2D eigenvalue weighted by Crippen LogP contribution is -2.46. The van der Waals surface area contributed by atoms with E-state index in [1.165, 1.54) is 23.2 Å². The lowest BCUT2D eigenvalue weighted by Gasteiger charge is -2.32. The molecule has 27 heavy (non-hydrogen) atoms. The van der Waals surface area contributed by atoms with Crippen LogP contribution in [0, 0.1) is 0 Å². The molecule has 0 spiro atoms. The number of likely N-dealkylation sites (tertiary alicyclic amines) is 1. The van der Waals surface area contributed by atoms with Crippen LogP contribution in [0.1, 0.15) is 18.5 Å². The van der Waals surface area contributed by atoms with Gasteiger partial charge in [-0.2, -0.15) is 23.3 Å². The van der Waals surface area contributed by atoms with E-state index in [0.29, 0.717) is 19.4 Å². The molecular formula is C16H16F3N5O3. The molecule has 1 aliphatic rings. The third-order valence-corrected chi connectivity index (χ3v) is 4.00. The largest absolute Gasteiger partial charge is 0.458 e. The number of piperidine rings is 1. The minimum Gasteiger partial charge on any atom is -0.458 e. The summed E-state index contributed by atoms with van der Waals surface area (Å²) in [7, 11) is 0. The molecule has 144 valence electrons. The fourth-order valence-electron chi connectivity index (χ4n) is 2.70. The predicted octanol–water partition coefficient (Wildman–Crippen LogP) is 1.12. The van der Waals surface area contributed by atoms with Crippen LogP contribution in [0.25, 0.3) is 0 Å². The highest BCUT2D eigenvalue weighted by Gasteiger charge is 2.33. The molecular weight excluding hydrogens is 367 g/mol. The minimum absolute atomic E-state index is 0.167. The fraction of sp³-hybridized carbons (Fsp3) is 0.438. The van der Waals surface area contributed by atoms with Crippen molar-refractivity contribution in [2.45, 2.75) is 31.7 Å². The molecule has 11 heteroatoms. The standard InChI is InChI=1S/C16H16F3N5O3/c17-16(18,19)12-5-7-20-15(22-12)27-11-3-2-8-23(9-11)14(26)10-24-13(25)4-1-6-21-24/h1,4-7,11H,2-3,8-10H2. The van der Waals surface area contributed by atoms with E-state index in [-0.39, 0.29) is 25.0 Å². The molecule has 0 saturated carbocycles. The number of ether oxygens (including phenoxy) is 1. The summed E-state index contributed by atoms with van der Waals surface area (Å²) < 4.78 is 44.7. The predicted molar refractivity (Wildman–Crippen MR) is 85.8 cm³/mol. The lowest BCUT2D eigenvalue weighted by atomic mass is 10.1. The van der Waals surface area contributed by atoms with Crippen LogP contribution in [-0.4, -0.2) is 49.7 Å². The highest BCUT2D eigenvalue weighted by Crippen LogP contribution is 2.28. The molecule has 1 saturated heterocycles. The Labute approximate surface area is 151 Å². The van der Waals surface area contributed by atoms with Crippen molar-refractivity contribution in [2.75, 3.05) is 13.1 Å². The number of carbonyl (C=O) groups is 1. The lowest BCUT2D eigenvalue weighted by molar-refractivity contribution is -0.141. The van der Waals surface area contributed by atoms with Gasteiger partial charge in [0.25, 0.3) is 5.56 Å². The fourth-order valence-corrected chi connectivity index (χ4v) is 2.70. The monoisotopic (exact) mass is 383 g/mol. The summed E-state index contributed by atoms with van der Waals surface area (Å²) in [6, 6.07) is 3.15. The molecule has 1 aliphatic heterocycles. The molecule has 3 rings (SSSR count). The maximum absolute atomic E-state index is 12.7. The molecule has 0 aliphatic carbocycles. The van der Waals surface area contributed by atoms with E-state index >= 15 is 0 Å².